The van der Waals surface area contributed by atoms with Gasteiger partial charge in [-0.2, -0.15) is 0 Å². The van der Waals surface area contributed by atoms with Gasteiger partial charge in [-0.05, 0) is 49.4 Å². The minimum atomic E-state index is -1.82. The molecule has 6 nitrogen and oxygen atoms in total. The summed E-state index contributed by atoms with van der Waals surface area (Å²) in [6.45, 7) is 0.669. The molecule has 4 amide bonds. The summed E-state index contributed by atoms with van der Waals surface area (Å²) in [5, 5.41) is 5.33. The van der Waals surface area contributed by atoms with Gasteiger partial charge in [-0.1, -0.05) is 11.6 Å². The molecule has 1 heterocycles. The Labute approximate surface area is 158 Å². The highest BCUT2D eigenvalue weighted by molar-refractivity contribution is 6.30. The lowest BCUT2D eigenvalue weighted by Gasteiger charge is -2.22. The summed E-state index contributed by atoms with van der Waals surface area (Å²) in [4.78, 5) is 37.7. The molecule has 0 aliphatic carbocycles. The zero-order valence-corrected chi connectivity index (χ0v) is 14.8. The second-order valence-electron chi connectivity index (χ2n) is 6.13. The summed E-state index contributed by atoms with van der Waals surface area (Å²) in [6, 6.07) is 7.97. The monoisotopic (exact) mass is 393 g/mol. The molecule has 1 fully saturated rings. The highest BCUT2D eigenvalue weighted by atomic mass is 35.5. The summed E-state index contributed by atoms with van der Waals surface area (Å²) in [7, 11) is 0. The van der Waals surface area contributed by atoms with Gasteiger partial charge in [0.1, 0.15) is 23.7 Å². The molecular formula is C18H14ClF2N3O3. The highest BCUT2D eigenvalue weighted by Gasteiger charge is 2.50. The molecule has 0 radical (unpaired) electrons. The lowest BCUT2D eigenvalue weighted by Crippen LogP contribution is -2.42. The van der Waals surface area contributed by atoms with E-state index < -0.39 is 41.6 Å². The van der Waals surface area contributed by atoms with Gasteiger partial charge in [-0.25, -0.2) is 13.6 Å². The van der Waals surface area contributed by atoms with E-state index in [1.54, 1.807) is 24.3 Å². The first-order chi connectivity index (χ1) is 12.7. The van der Waals surface area contributed by atoms with Crippen LogP contribution in [0.3, 0.4) is 0 Å². The fourth-order valence-corrected chi connectivity index (χ4v) is 2.91. The van der Waals surface area contributed by atoms with E-state index in [2.05, 4.69) is 10.6 Å². The van der Waals surface area contributed by atoms with Crippen LogP contribution in [0.4, 0.5) is 19.3 Å². The number of nitrogens with zero attached hydrogens (tertiary/aromatic N) is 1. The molecule has 0 aromatic heterocycles. The molecule has 27 heavy (non-hydrogen) atoms. The van der Waals surface area contributed by atoms with Gasteiger partial charge in [0.2, 0.25) is 5.91 Å². The largest absolute Gasteiger partial charge is 0.325 e. The van der Waals surface area contributed by atoms with Crippen LogP contribution in [0.2, 0.25) is 5.02 Å². The van der Waals surface area contributed by atoms with Gasteiger partial charge in [0, 0.05) is 16.3 Å². The Morgan fingerprint density at radius 3 is 2.52 bits per heavy atom. The van der Waals surface area contributed by atoms with E-state index in [1.165, 1.54) is 6.92 Å². The fraction of sp³-hybridized carbons (Fsp3) is 0.167. The Bertz CT molecular complexity index is 936. The predicted molar refractivity (Wildman–Crippen MR) is 94.0 cm³/mol. The van der Waals surface area contributed by atoms with Crippen LogP contribution in [0.5, 0.6) is 0 Å². The van der Waals surface area contributed by atoms with Gasteiger partial charge >= 0.3 is 6.03 Å². The van der Waals surface area contributed by atoms with Crippen molar-refractivity contribution in [3.8, 4) is 0 Å². The maximum atomic E-state index is 14.1. The van der Waals surface area contributed by atoms with Crippen LogP contribution in [-0.2, 0) is 15.1 Å². The standard InChI is InChI=1S/C18H14ClF2N3O3/c1-18(13-8-11(20)4-7-14(13)21)16(26)24(17(27)23-18)9-15(25)22-12-5-2-10(19)3-6-12/h2-8H,9H2,1H3,(H,22,25)(H,23,27)/t18-/m1/s1. The van der Waals surface area contributed by atoms with Gasteiger partial charge in [0.05, 0.1) is 0 Å². The number of hydrogen-bond donors (Lipinski definition) is 2. The summed E-state index contributed by atoms with van der Waals surface area (Å²) in [6.07, 6.45) is 0. The number of rotatable bonds is 4. The Morgan fingerprint density at radius 2 is 1.85 bits per heavy atom. The van der Waals surface area contributed by atoms with Gasteiger partial charge in [0.25, 0.3) is 5.91 Å². The predicted octanol–water partition coefficient (Wildman–Crippen LogP) is 3.02. The van der Waals surface area contributed by atoms with E-state index >= 15 is 0 Å². The van der Waals surface area contributed by atoms with E-state index in [9.17, 15) is 23.2 Å². The second kappa shape index (κ2) is 6.96. The van der Waals surface area contributed by atoms with Crippen LogP contribution >= 0.6 is 11.6 Å². The number of carbonyl (C=O) groups excluding carboxylic acids is 3. The quantitative estimate of drug-likeness (QED) is 0.784. The summed E-state index contributed by atoms with van der Waals surface area (Å²) in [5.74, 6) is -3.10. The third-order valence-electron chi connectivity index (χ3n) is 4.17. The molecule has 140 valence electrons. The molecule has 0 bridgehead atoms. The second-order valence-corrected chi connectivity index (χ2v) is 6.56. The third-order valence-corrected chi connectivity index (χ3v) is 4.42. The van der Waals surface area contributed by atoms with E-state index in [0.717, 1.165) is 18.2 Å². The topological polar surface area (TPSA) is 78.5 Å². The normalized spacial score (nSPS) is 19.2. The Kier molecular flexibility index (Phi) is 4.84. The minimum Gasteiger partial charge on any atom is -0.325 e. The van der Waals surface area contributed by atoms with Gasteiger partial charge in [0.15, 0.2) is 0 Å². The SMILES string of the molecule is C[C@]1(c2cc(F)ccc2F)NC(=O)N(CC(=O)Nc2ccc(Cl)cc2)C1=O. The summed E-state index contributed by atoms with van der Waals surface area (Å²) in [5.41, 5.74) is -1.71. The molecule has 0 saturated carbocycles. The molecule has 2 N–H and O–H groups in total. The van der Waals surface area contributed by atoms with Crippen molar-refractivity contribution in [3.05, 3.63) is 64.7 Å². The Hall–Kier alpha value is -3.00. The van der Waals surface area contributed by atoms with Gasteiger partial charge < -0.3 is 10.6 Å². The van der Waals surface area contributed by atoms with Crippen molar-refractivity contribution in [1.82, 2.24) is 10.2 Å². The number of carbonyl (C=O) groups is 3. The molecule has 1 saturated heterocycles. The summed E-state index contributed by atoms with van der Waals surface area (Å²) >= 11 is 5.76. The third kappa shape index (κ3) is 3.61. The van der Waals surface area contributed by atoms with Gasteiger partial charge in [-0.3, -0.25) is 14.5 Å². The molecular weight excluding hydrogens is 380 g/mol. The molecule has 2 aromatic carbocycles. The van der Waals surface area contributed by atoms with Crippen LogP contribution in [0.1, 0.15) is 12.5 Å². The summed E-state index contributed by atoms with van der Waals surface area (Å²) < 4.78 is 27.6. The first-order valence-corrected chi connectivity index (χ1v) is 8.23. The molecule has 1 aliphatic rings. The van der Waals surface area contributed by atoms with Crippen molar-refractivity contribution >= 4 is 35.1 Å². The van der Waals surface area contributed by atoms with Crippen molar-refractivity contribution in [2.75, 3.05) is 11.9 Å². The number of urea groups is 1. The number of benzene rings is 2. The van der Waals surface area contributed by atoms with Crippen molar-refractivity contribution in [3.63, 3.8) is 0 Å². The van der Waals surface area contributed by atoms with E-state index in [-0.39, 0.29) is 5.56 Å². The van der Waals surface area contributed by atoms with Crippen LogP contribution in [0.15, 0.2) is 42.5 Å². The number of amides is 4. The van der Waals surface area contributed by atoms with Crippen LogP contribution in [0, 0.1) is 11.6 Å². The van der Waals surface area contributed by atoms with Crippen molar-refractivity contribution < 1.29 is 23.2 Å². The number of halogens is 3. The maximum absolute atomic E-state index is 14.1. The molecule has 0 unspecified atom stereocenters. The average Bonchev–Trinajstić information content (AvgIpc) is 2.83. The molecule has 1 atom stereocenters. The van der Waals surface area contributed by atoms with Crippen LogP contribution < -0.4 is 10.6 Å². The lowest BCUT2D eigenvalue weighted by molar-refractivity contribution is -0.133. The van der Waals surface area contributed by atoms with E-state index in [0.29, 0.717) is 15.6 Å². The van der Waals surface area contributed by atoms with Crippen molar-refractivity contribution in [2.24, 2.45) is 0 Å². The Balaban J connectivity index is 1.78. The van der Waals surface area contributed by atoms with E-state index in [1.807, 2.05) is 0 Å². The average molecular weight is 394 g/mol. The van der Waals surface area contributed by atoms with Crippen LogP contribution in [0.25, 0.3) is 0 Å². The number of anilines is 1. The Morgan fingerprint density at radius 1 is 1.19 bits per heavy atom. The zero-order chi connectivity index (χ0) is 19.8. The molecule has 0 spiro atoms. The zero-order valence-electron chi connectivity index (χ0n) is 14.1. The van der Waals surface area contributed by atoms with Gasteiger partial charge in [-0.15, -0.1) is 0 Å². The van der Waals surface area contributed by atoms with E-state index in [4.69, 9.17) is 11.6 Å². The maximum Gasteiger partial charge on any atom is 0.325 e. The number of hydrogen-bond acceptors (Lipinski definition) is 3. The first-order valence-electron chi connectivity index (χ1n) is 7.86. The fourth-order valence-electron chi connectivity index (χ4n) is 2.78. The number of nitrogens with one attached hydrogen (secondary N) is 2. The lowest BCUT2D eigenvalue weighted by atomic mass is 9.91. The van der Waals surface area contributed by atoms with Crippen molar-refractivity contribution in [1.29, 1.82) is 0 Å². The van der Waals surface area contributed by atoms with Crippen LogP contribution in [-0.4, -0.2) is 29.3 Å². The highest BCUT2D eigenvalue weighted by Crippen LogP contribution is 2.31. The number of imide groups is 1. The smallest absolute Gasteiger partial charge is 0.325 e. The molecule has 1 aliphatic heterocycles. The van der Waals surface area contributed by atoms with Crippen molar-refractivity contribution in [2.45, 2.75) is 12.5 Å². The minimum absolute atomic E-state index is 0.318. The molecule has 2 aromatic rings. The first kappa shape index (κ1) is 18.8. The molecule has 9 heteroatoms. The molecule has 3 rings (SSSR count).